The first-order valence-corrected chi connectivity index (χ1v) is 8.63. The Morgan fingerprint density at radius 1 is 1.41 bits per heavy atom. The predicted octanol–water partition coefficient (Wildman–Crippen LogP) is 2.44. The van der Waals surface area contributed by atoms with Crippen LogP contribution >= 0.6 is 11.6 Å². The van der Waals surface area contributed by atoms with Crippen molar-refractivity contribution in [1.29, 1.82) is 5.26 Å². The Balaban J connectivity index is 2.05. The summed E-state index contributed by atoms with van der Waals surface area (Å²) in [5.41, 5.74) is -0.113. The number of rotatable bonds is 6. The molecule has 0 saturated carbocycles. The van der Waals surface area contributed by atoms with Gasteiger partial charge in [-0.2, -0.15) is 15.2 Å². The number of halogens is 1. The Morgan fingerprint density at radius 2 is 2.11 bits per heavy atom. The van der Waals surface area contributed by atoms with Gasteiger partial charge in [-0.15, -0.1) is 5.10 Å². The standard InChI is InChI=1S/C18H20ClN5O3/c1-11(2)18(4,10-20)21-15(25)9-27-17(26)16-12(3)22-24(23-16)14-7-5-6-13(19)8-14/h5-8,11H,9H2,1-4H3,(H,21,25)/t18-/m1/s1. The molecule has 1 heterocycles. The number of nitrogens with zero attached hydrogens (tertiary/aromatic N) is 4. The van der Waals surface area contributed by atoms with Gasteiger partial charge in [0.2, 0.25) is 0 Å². The first kappa shape index (κ1) is 20.4. The van der Waals surface area contributed by atoms with Gasteiger partial charge < -0.3 is 10.1 Å². The Kier molecular flexibility index (Phi) is 6.18. The lowest BCUT2D eigenvalue weighted by Crippen LogP contribution is -2.50. The van der Waals surface area contributed by atoms with Crippen molar-refractivity contribution >= 4 is 23.5 Å². The van der Waals surface area contributed by atoms with E-state index in [9.17, 15) is 14.9 Å². The topological polar surface area (TPSA) is 110 Å². The van der Waals surface area contributed by atoms with Gasteiger partial charge in [-0.25, -0.2) is 4.79 Å². The van der Waals surface area contributed by atoms with Gasteiger partial charge in [-0.1, -0.05) is 31.5 Å². The fourth-order valence-electron chi connectivity index (χ4n) is 2.11. The van der Waals surface area contributed by atoms with Gasteiger partial charge in [0.25, 0.3) is 5.91 Å². The number of aromatic nitrogens is 3. The van der Waals surface area contributed by atoms with E-state index in [1.165, 1.54) is 4.80 Å². The number of carbonyl (C=O) groups is 2. The van der Waals surface area contributed by atoms with Crippen molar-refractivity contribution in [3.8, 4) is 11.8 Å². The summed E-state index contributed by atoms with van der Waals surface area (Å²) in [6, 6.07) is 8.89. The Hall–Kier alpha value is -2.92. The molecule has 0 unspecified atom stereocenters. The van der Waals surface area contributed by atoms with Crippen LogP contribution in [0.1, 0.15) is 37.0 Å². The summed E-state index contributed by atoms with van der Waals surface area (Å²) in [6.07, 6.45) is 0. The van der Waals surface area contributed by atoms with E-state index in [4.69, 9.17) is 16.3 Å². The summed E-state index contributed by atoms with van der Waals surface area (Å²) in [4.78, 5) is 25.5. The van der Waals surface area contributed by atoms with E-state index < -0.39 is 24.0 Å². The first-order chi connectivity index (χ1) is 12.7. The van der Waals surface area contributed by atoms with E-state index in [2.05, 4.69) is 21.6 Å². The maximum atomic E-state index is 12.2. The molecular formula is C18H20ClN5O3. The van der Waals surface area contributed by atoms with Gasteiger partial charge >= 0.3 is 5.97 Å². The molecule has 0 aliphatic heterocycles. The summed E-state index contributed by atoms with van der Waals surface area (Å²) in [5.74, 6) is -1.46. The van der Waals surface area contributed by atoms with Crippen LogP contribution in [0.5, 0.6) is 0 Å². The molecular weight excluding hydrogens is 370 g/mol. The number of carbonyl (C=O) groups excluding carboxylic acids is 2. The van der Waals surface area contributed by atoms with Crippen LogP contribution in [0.25, 0.3) is 5.69 Å². The third-order valence-electron chi connectivity index (χ3n) is 4.14. The number of hydrogen-bond acceptors (Lipinski definition) is 6. The quantitative estimate of drug-likeness (QED) is 0.760. The third kappa shape index (κ3) is 4.83. The predicted molar refractivity (Wildman–Crippen MR) is 98.4 cm³/mol. The Morgan fingerprint density at radius 3 is 2.70 bits per heavy atom. The fourth-order valence-corrected chi connectivity index (χ4v) is 2.29. The molecule has 1 N–H and O–H groups in total. The molecule has 142 valence electrons. The number of esters is 1. The van der Waals surface area contributed by atoms with E-state index >= 15 is 0 Å². The highest BCUT2D eigenvalue weighted by molar-refractivity contribution is 6.30. The molecule has 0 fully saturated rings. The minimum Gasteiger partial charge on any atom is -0.451 e. The van der Waals surface area contributed by atoms with Gasteiger partial charge in [0.1, 0.15) is 5.54 Å². The van der Waals surface area contributed by atoms with Crippen LogP contribution in [0, 0.1) is 24.2 Å². The largest absolute Gasteiger partial charge is 0.451 e. The van der Waals surface area contributed by atoms with Crippen LogP contribution in [0.2, 0.25) is 5.02 Å². The number of amides is 1. The molecule has 1 amide bonds. The minimum atomic E-state index is -1.05. The van der Waals surface area contributed by atoms with Crippen LogP contribution in [0.3, 0.4) is 0 Å². The van der Waals surface area contributed by atoms with Crippen molar-refractivity contribution in [2.75, 3.05) is 6.61 Å². The zero-order valence-corrected chi connectivity index (χ0v) is 16.2. The molecule has 1 aromatic heterocycles. The maximum Gasteiger partial charge on any atom is 0.361 e. The summed E-state index contributed by atoms with van der Waals surface area (Å²) in [5, 5.41) is 20.6. The van der Waals surface area contributed by atoms with Crippen molar-refractivity contribution in [2.24, 2.45) is 5.92 Å². The van der Waals surface area contributed by atoms with Crippen molar-refractivity contribution in [3.05, 3.63) is 40.7 Å². The molecule has 1 atom stereocenters. The smallest absolute Gasteiger partial charge is 0.361 e. The zero-order chi connectivity index (χ0) is 20.2. The van der Waals surface area contributed by atoms with Crippen molar-refractivity contribution in [3.63, 3.8) is 0 Å². The fraction of sp³-hybridized carbons (Fsp3) is 0.389. The van der Waals surface area contributed by atoms with E-state index in [-0.39, 0.29) is 11.6 Å². The number of nitrogens with one attached hydrogen (secondary N) is 1. The number of benzene rings is 1. The summed E-state index contributed by atoms with van der Waals surface area (Å²) in [7, 11) is 0. The van der Waals surface area contributed by atoms with Crippen LogP contribution < -0.4 is 5.32 Å². The lowest BCUT2D eigenvalue weighted by Gasteiger charge is -2.27. The number of aryl methyl sites for hydroxylation is 1. The third-order valence-corrected chi connectivity index (χ3v) is 4.37. The number of hydrogen-bond donors (Lipinski definition) is 1. The SMILES string of the molecule is Cc1nn(-c2cccc(Cl)c2)nc1C(=O)OCC(=O)N[C@](C)(C#N)C(C)C. The maximum absolute atomic E-state index is 12.2. The lowest BCUT2D eigenvalue weighted by atomic mass is 9.90. The molecule has 2 aromatic rings. The molecule has 0 aliphatic carbocycles. The van der Waals surface area contributed by atoms with Crippen molar-refractivity contribution in [2.45, 2.75) is 33.2 Å². The molecule has 8 nitrogen and oxygen atoms in total. The molecule has 1 aromatic carbocycles. The second-order valence-corrected chi connectivity index (χ2v) is 6.93. The van der Waals surface area contributed by atoms with Gasteiger partial charge in [0.05, 0.1) is 17.5 Å². The summed E-state index contributed by atoms with van der Waals surface area (Å²) in [6.45, 7) is 6.32. The van der Waals surface area contributed by atoms with Crippen LogP contribution in [-0.4, -0.2) is 39.0 Å². The Bertz CT molecular complexity index is 903. The molecule has 0 aliphatic rings. The van der Waals surface area contributed by atoms with E-state index in [0.29, 0.717) is 16.4 Å². The van der Waals surface area contributed by atoms with Gasteiger partial charge in [0.15, 0.2) is 12.3 Å². The first-order valence-electron chi connectivity index (χ1n) is 8.25. The number of nitriles is 1. The second-order valence-electron chi connectivity index (χ2n) is 6.50. The van der Waals surface area contributed by atoms with E-state index in [0.717, 1.165) is 0 Å². The monoisotopic (exact) mass is 389 g/mol. The van der Waals surface area contributed by atoms with Crippen LogP contribution in [0.4, 0.5) is 0 Å². The van der Waals surface area contributed by atoms with E-state index in [1.807, 2.05) is 13.8 Å². The molecule has 9 heteroatoms. The van der Waals surface area contributed by atoms with Crippen LogP contribution in [-0.2, 0) is 9.53 Å². The average Bonchev–Trinajstić information content (AvgIpc) is 3.01. The lowest BCUT2D eigenvalue weighted by molar-refractivity contribution is -0.125. The van der Waals surface area contributed by atoms with Crippen molar-refractivity contribution < 1.29 is 14.3 Å². The summed E-state index contributed by atoms with van der Waals surface area (Å²) >= 11 is 5.95. The normalized spacial score (nSPS) is 12.9. The zero-order valence-electron chi connectivity index (χ0n) is 15.5. The van der Waals surface area contributed by atoms with Gasteiger partial charge in [-0.05, 0) is 38.0 Å². The highest BCUT2D eigenvalue weighted by Gasteiger charge is 2.30. The molecule has 0 saturated heterocycles. The van der Waals surface area contributed by atoms with E-state index in [1.54, 1.807) is 38.1 Å². The minimum absolute atomic E-state index is 0.00493. The van der Waals surface area contributed by atoms with Crippen LogP contribution in [0.15, 0.2) is 24.3 Å². The second kappa shape index (κ2) is 8.18. The molecule has 2 rings (SSSR count). The number of ether oxygens (including phenoxy) is 1. The highest BCUT2D eigenvalue weighted by Crippen LogP contribution is 2.16. The average molecular weight is 390 g/mol. The summed E-state index contributed by atoms with van der Waals surface area (Å²) < 4.78 is 5.01. The molecule has 0 spiro atoms. The van der Waals surface area contributed by atoms with Crippen molar-refractivity contribution in [1.82, 2.24) is 20.3 Å². The molecule has 27 heavy (non-hydrogen) atoms. The molecule has 0 bridgehead atoms. The Labute approximate surface area is 162 Å². The van der Waals surface area contributed by atoms with Gasteiger partial charge in [-0.3, -0.25) is 4.79 Å². The molecule has 0 radical (unpaired) electrons. The van der Waals surface area contributed by atoms with Gasteiger partial charge in [0, 0.05) is 5.02 Å². The highest BCUT2D eigenvalue weighted by atomic mass is 35.5.